The monoisotopic (exact) mass is 554 g/mol. The molecule has 0 aromatic heterocycles. The number of ether oxygens (including phenoxy) is 1. The fourth-order valence-corrected chi connectivity index (χ4v) is 4.99. The van der Waals surface area contributed by atoms with Crippen molar-refractivity contribution in [3.8, 4) is 5.75 Å². The zero-order valence-electron chi connectivity index (χ0n) is 18.7. The molecule has 1 atom stereocenters. The molecule has 0 radical (unpaired) electrons. The molecule has 1 N–H and O–H groups in total. The zero-order valence-corrected chi connectivity index (χ0v) is 21.8. The van der Waals surface area contributed by atoms with E-state index in [2.05, 4.69) is 21.2 Å². The molecule has 0 spiro atoms. The summed E-state index contributed by atoms with van der Waals surface area (Å²) in [5, 5.41) is 4.36. The van der Waals surface area contributed by atoms with E-state index in [0.29, 0.717) is 26.7 Å². The third-order valence-corrected chi connectivity index (χ3v) is 6.96. The normalized spacial score (nSPS) is 15.0. The first-order valence-corrected chi connectivity index (χ1v) is 12.8. The predicted octanol–water partition coefficient (Wildman–Crippen LogP) is 6.39. The number of amides is 2. The Balaban J connectivity index is 1.76. The Morgan fingerprint density at radius 3 is 2.39 bits per heavy atom. The van der Waals surface area contributed by atoms with E-state index in [1.165, 1.54) is 6.42 Å². The number of rotatable bonds is 9. The summed E-state index contributed by atoms with van der Waals surface area (Å²) in [7, 11) is 0. The van der Waals surface area contributed by atoms with E-state index in [1.54, 1.807) is 35.2 Å². The molecule has 2 amide bonds. The molecular formula is C25H29BrCl2N2O3. The lowest BCUT2D eigenvalue weighted by Gasteiger charge is -2.32. The highest BCUT2D eigenvalue weighted by molar-refractivity contribution is 9.10. The van der Waals surface area contributed by atoms with Gasteiger partial charge in [0.25, 0.3) is 5.91 Å². The van der Waals surface area contributed by atoms with Crippen LogP contribution in [0.3, 0.4) is 0 Å². The molecule has 1 aliphatic rings. The predicted molar refractivity (Wildman–Crippen MR) is 136 cm³/mol. The van der Waals surface area contributed by atoms with Gasteiger partial charge in [-0.05, 0) is 71.1 Å². The van der Waals surface area contributed by atoms with Crippen molar-refractivity contribution in [2.75, 3.05) is 6.61 Å². The first kappa shape index (κ1) is 25.9. The number of carbonyl (C=O) groups is 2. The van der Waals surface area contributed by atoms with Gasteiger partial charge in [-0.2, -0.15) is 0 Å². The van der Waals surface area contributed by atoms with Gasteiger partial charge in [0.2, 0.25) is 5.91 Å². The van der Waals surface area contributed by atoms with Crippen molar-refractivity contribution in [2.24, 2.45) is 0 Å². The molecule has 0 unspecified atom stereocenters. The number of nitrogens with zero attached hydrogens (tertiary/aromatic N) is 1. The van der Waals surface area contributed by atoms with Crippen molar-refractivity contribution in [2.45, 2.75) is 64.1 Å². The van der Waals surface area contributed by atoms with Gasteiger partial charge in [-0.25, -0.2) is 0 Å². The van der Waals surface area contributed by atoms with Gasteiger partial charge in [0.05, 0.1) is 4.47 Å². The van der Waals surface area contributed by atoms with Gasteiger partial charge < -0.3 is 15.0 Å². The highest BCUT2D eigenvalue weighted by Crippen LogP contribution is 2.28. The Bertz CT molecular complexity index is 949. The summed E-state index contributed by atoms with van der Waals surface area (Å²) in [6.45, 7) is 2.02. The summed E-state index contributed by atoms with van der Waals surface area (Å²) in [6.07, 6.45) is 5.94. The van der Waals surface area contributed by atoms with Crippen LogP contribution in [0.5, 0.6) is 5.75 Å². The number of hydrogen-bond donors (Lipinski definition) is 1. The molecule has 0 saturated heterocycles. The maximum atomic E-state index is 13.3. The molecule has 178 valence electrons. The lowest BCUT2D eigenvalue weighted by atomic mass is 9.95. The minimum absolute atomic E-state index is 0.112. The van der Waals surface area contributed by atoms with Crippen molar-refractivity contribution in [3.05, 3.63) is 62.5 Å². The number of benzene rings is 2. The van der Waals surface area contributed by atoms with Crippen molar-refractivity contribution in [1.29, 1.82) is 0 Å². The molecule has 1 saturated carbocycles. The Hall–Kier alpha value is -1.76. The van der Waals surface area contributed by atoms with Crippen molar-refractivity contribution in [1.82, 2.24) is 10.2 Å². The van der Waals surface area contributed by atoms with Crippen molar-refractivity contribution >= 4 is 50.9 Å². The van der Waals surface area contributed by atoms with Crippen LogP contribution in [0, 0.1) is 0 Å². The number of halogens is 3. The van der Waals surface area contributed by atoms with Crippen LogP contribution >= 0.6 is 39.1 Å². The molecule has 5 nitrogen and oxygen atoms in total. The molecule has 1 fully saturated rings. The third-order valence-electron chi connectivity index (χ3n) is 5.85. The van der Waals surface area contributed by atoms with Gasteiger partial charge in [-0.15, -0.1) is 0 Å². The number of carbonyl (C=O) groups excluding carboxylic acids is 2. The van der Waals surface area contributed by atoms with E-state index in [9.17, 15) is 9.59 Å². The topological polar surface area (TPSA) is 58.6 Å². The van der Waals surface area contributed by atoms with E-state index in [0.717, 1.165) is 31.2 Å². The molecule has 2 aromatic carbocycles. The average Bonchev–Trinajstić information content (AvgIpc) is 2.80. The standard InChI is InChI=1S/C25H29BrCl2N2O3/c1-2-22(25(32)29-20-6-4-3-5-7-20)30(15-17-8-10-18(27)11-9-17)24(31)16-33-23-13-12-19(28)14-21(23)26/h8-14,20,22H,2-7,15-16H2,1H3,(H,29,32)/t22-/m1/s1. The van der Waals surface area contributed by atoms with Crippen LogP contribution in [0.2, 0.25) is 10.0 Å². The smallest absolute Gasteiger partial charge is 0.261 e. The molecule has 1 aliphatic carbocycles. The third kappa shape index (κ3) is 7.62. The zero-order chi connectivity index (χ0) is 23.8. The van der Waals surface area contributed by atoms with E-state index in [1.807, 2.05) is 19.1 Å². The Morgan fingerprint density at radius 1 is 1.09 bits per heavy atom. The SMILES string of the molecule is CC[C@H](C(=O)NC1CCCCC1)N(Cc1ccc(Cl)cc1)C(=O)COc1ccc(Cl)cc1Br. The fraction of sp³-hybridized carbons (Fsp3) is 0.440. The van der Waals surface area contributed by atoms with Gasteiger partial charge in [0.1, 0.15) is 11.8 Å². The van der Waals surface area contributed by atoms with E-state index >= 15 is 0 Å². The van der Waals surface area contributed by atoms with Crippen LogP contribution in [0.1, 0.15) is 51.0 Å². The summed E-state index contributed by atoms with van der Waals surface area (Å²) >= 11 is 15.4. The molecule has 0 bridgehead atoms. The fourth-order valence-electron chi connectivity index (χ4n) is 4.06. The second-order valence-corrected chi connectivity index (χ2v) is 10.0. The summed E-state index contributed by atoms with van der Waals surface area (Å²) in [5.41, 5.74) is 0.893. The Labute approximate surface area is 213 Å². The summed E-state index contributed by atoms with van der Waals surface area (Å²) in [5.74, 6) is 0.135. The molecule has 33 heavy (non-hydrogen) atoms. The van der Waals surface area contributed by atoms with Gasteiger partial charge in [0, 0.05) is 22.6 Å². The quantitative estimate of drug-likeness (QED) is 0.390. The minimum atomic E-state index is -0.590. The van der Waals surface area contributed by atoms with Crippen LogP contribution in [0.4, 0.5) is 0 Å². The second-order valence-electron chi connectivity index (χ2n) is 8.28. The van der Waals surface area contributed by atoms with Crippen LogP contribution in [-0.4, -0.2) is 35.4 Å². The summed E-state index contributed by atoms with van der Waals surface area (Å²) in [6, 6.07) is 12.0. The number of hydrogen-bond acceptors (Lipinski definition) is 3. The first-order chi connectivity index (χ1) is 15.9. The van der Waals surface area contributed by atoms with E-state index in [-0.39, 0.29) is 31.0 Å². The Morgan fingerprint density at radius 2 is 1.76 bits per heavy atom. The lowest BCUT2D eigenvalue weighted by molar-refractivity contribution is -0.143. The summed E-state index contributed by atoms with van der Waals surface area (Å²) < 4.78 is 6.43. The summed E-state index contributed by atoms with van der Waals surface area (Å²) in [4.78, 5) is 28.1. The average molecular weight is 556 g/mol. The molecule has 2 aromatic rings. The molecule has 3 rings (SSSR count). The largest absolute Gasteiger partial charge is 0.483 e. The maximum Gasteiger partial charge on any atom is 0.261 e. The van der Waals surface area contributed by atoms with Crippen molar-refractivity contribution < 1.29 is 14.3 Å². The van der Waals surface area contributed by atoms with Crippen LogP contribution in [-0.2, 0) is 16.1 Å². The minimum Gasteiger partial charge on any atom is -0.483 e. The lowest BCUT2D eigenvalue weighted by Crippen LogP contribution is -2.52. The van der Waals surface area contributed by atoms with Crippen molar-refractivity contribution in [3.63, 3.8) is 0 Å². The van der Waals surface area contributed by atoms with Crippen LogP contribution < -0.4 is 10.1 Å². The maximum absolute atomic E-state index is 13.3. The second kappa shape index (κ2) is 12.6. The molecule has 0 heterocycles. The highest BCUT2D eigenvalue weighted by Gasteiger charge is 2.30. The van der Waals surface area contributed by atoms with Gasteiger partial charge in [-0.3, -0.25) is 9.59 Å². The Kier molecular flexibility index (Phi) is 9.90. The van der Waals surface area contributed by atoms with Crippen LogP contribution in [0.15, 0.2) is 46.9 Å². The van der Waals surface area contributed by atoms with E-state index in [4.69, 9.17) is 27.9 Å². The number of nitrogens with one attached hydrogen (secondary N) is 1. The highest BCUT2D eigenvalue weighted by atomic mass is 79.9. The van der Waals surface area contributed by atoms with Crippen LogP contribution in [0.25, 0.3) is 0 Å². The molecule has 0 aliphatic heterocycles. The van der Waals surface area contributed by atoms with Gasteiger partial charge in [0.15, 0.2) is 6.61 Å². The first-order valence-electron chi connectivity index (χ1n) is 11.3. The van der Waals surface area contributed by atoms with E-state index < -0.39 is 6.04 Å². The van der Waals surface area contributed by atoms with Gasteiger partial charge in [-0.1, -0.05) is 61.5 Å². The molecule has 8 heteroatoms. The van der Waals surface area contributed by atoms with Gasteiger partial charge >= 0.3 is 0 Å². The molecular weight excluding hydrogens is 527 g/mol.